The molecule has 8 heteroatoms. The molecule has 2 rings (SSSR count). The molecular formula is C11H18N4O3S. The van der Waals surface area contributed by atoms with Gasteiger partial charge in [0.2, 0.25) is 0 Å². The minimum atomic E-state index is -3.54. The van der Waals surface area contributed by atoms with Gasteiger partial charge in [-0.1, -0.05) is 19.0 Å². The minimum absolute atomic E-state index is 0.0814. The molecule has 0 saturated carbocycles. The summed E-state index contributed by atoms with van der Waals surface area (Å²) < 4.78 is 26.2. The van der Waals surface area contributed by atoms with Crippen LogP contribution in [0.5, 0.6) is 0 Å². The van der Waals surface area contributed by atoms with Crippen molar-refractivity contribution in [2.75, 3.05) is 13.1 Å². The Labute approximate surface area is 112 Å². The smallest absolute Gasteiger partial charge is 0.260 e. The fourth-order valence-electron chi connectivity index (χ4n) is 2.15. The molecule has 7 nitrogen and oxygen atoms in total. The van der Waals surface area contributed by atoms with E-state index in [1.807, 2.05) is 13.8 Å². The van der Waals surface area contributed by atoms with Crippen LogP contribution in [-0.4, -0.2) is 46.7 Å². The molecule has 1 aromatic heterocycles. The molecule has 19 heavy (non-hydrogen) atoms. The first-order valence-corrected chi connectivity index (χ1v) is 7.68. The fourth-order valence-corrected chi connectivity index (χ4v) is 3.61. The number of oxime groups is 1. The minimum Gasteiger partial charge on any atom is -0.411 e. The highest BCUT2D eigenvalue weighted by molar-refractivity contribution is 7.89. The summed E-state index contributed by atoms with van der Waals surface area (Å²) in [4.78, 5) is 6.84. The van der Waals surface area contributed by atoms with Crippen LogP contribution in [0.4, 0.5) is 0 Å². The van der Waals surface area contributed by atoms with Crippen molar-refractivity contribution >= 4 is 15.7 Å². The lowest BCUT2D eigenvalue weighted by Gasteiger charge is -2.29. The standard InChI is InChI=1S/C11H18N4O3S/c1-3-10-12-6-11(13-10)19(17,18)15-5-4-9(14-16)8(2)7-15/h6,8,16H,3-5,7H2,1-2H3,(H,12,13)/b14-9-. The Morgan fingerprint density at radius 3 is 2.89 bits per heavy atom. The van der Waals surface area contributed by atoms with E-state index >= 15 is 0 Å². The number of piperidine rings is 1. The third-order valence-corrected chi connectivity index (χ3v) is 5.12. The van der Waals surface area contributed by atoms with Crippen molar-refractivity contribution in [2.45, 2.75) is 31.7 Å². The SMILES string of the molecule is CCc1ncc(S(=O)(=O)N2CC/C(=N/O)C(C)C2)[nH]1. The van der Waals surface area contributed by atoms with Gasteiger partial charge in [-0.25, -0.2) is 13.4 Å². The summed E-state index contributed by atoms with van der Waals surface area (Å²) >= 11 is 0. The van der Waals surface area contributed by atoms with E-state index in [0.29, 0.717) is 37.5 Å². The Bertz CT molecular complexity index is 579. The average molecular weight is 286 g/mol. The monoisotopic (exact) mass is 286 g/mol. The molecule has 0 radical (unpaired) electrons. The van der Waals surface area contributed by atoms with E-state index in [-0.39, 0.29) is 10.9 Å². The van der Waals surface area contributed by atoms with Crippen LogP contribution in [0.3, 0.4) is 0 Å². The van der Waals surface area contributed by atoms with E-state index in [0.717, 1.165) is 0 Å². The second kappa shape index (κ2) is 5.30. The van der Waals surface area contributed by atoms with Crippen LogP contribution in [0.25, 0.3) is 0 Å². The highest BCUT2D eigenvalue weighted by Crippen LogP contribution is 2.21. The number of aryl methyl sites for hydroxylation is 1. The molecule has 1 aromatic rings. The number of hydrogen-bond donors (Lipinski definition) is 2. The molecule has 1 aliphatic heterocycles. The van der Waals surface area contributed by atoms with Crippen molar-refractivity contribution in [2.24, 2.45) is 11.1 Å². The number of rotatable bonds is 3. The zero-order valence-electron chi connectivity index (χ0n) is 11.0. The number of H-pyrrole nitrogens is 1. The molecule has 0 spiro atoms. The number of aromatic nitrogens is 2. The van der Waals surface area contributed by atoms with Gasteiger partial charge < -0.3 is 10.2 Å². The predicted molar refractivity (Wildman–Crippen MR) is 69.7 cm³/mol. The second-order valence-electron chi connectivity index (χ2n) is 4.65. The number of aromatic amines is 1. The molecule has 2 N–H and O–H groups in total. The van der Waals surface area contributed by atoms with E-state index in [1.54, 1.807) is 0 Å². The van der Waals surface area contributed by atoms with Gasteiger partial charge in [0.15, 0.2) is 5.03 Å². The number of sulfonamides is 1. The quantitative estimate of drug-likeness (QED) is 0.635. The van der Waals surface area contributed by atoms with Crippen LogP contribution in [0.2, 0.25) is 0 Å². The van der Waals surface area contributed by atoms with Crippen LogP contribution >= 0.6 is 0 Å². The first kappa shape index (κ1) is 14.0. The molecule has 1 aliphatic rings. The number of nitrogens with zero attached hydrogens (tertiary/aromatic N) is 3. The van der Waals surface area contributed by atoms with Gasteiger partial charge in [0.1, 0.15) is 5.82 Å². The highest BCUT2D eigenvalue weighted by atomic mass is 32.2. The van der Waals surface area contributed by atoms with Gasteiger partial charge in [-0.2, -0.15) is 4.31 Å². The molecule has 0 aliphatic carbocycles. The molecular weight excluding hydrogens is 268 g/mol. The topological polar surface area (TPSA) is 98.7 Å². The van der Waals surface area contributed by atoms with Crippen LogP contribution in [0.15, 0.2) is 16.4 Å². The molecule has 0 amide bonds. The van der Waals surface area contributed by atoms with E-state index in [9.17, 15) is 8.42 Å². The Hall–Kier alpha value is -1.41. The van der Waals surface area contributed by atoms with Gasteiger partial charge in [-0.15, -0.1) is 0 Å². The molecule has 1 atom stereocenters. The molecule has 1 saturated heterocycles. The van der Waals surface area contributed by atoms with Crippen LogP contribution < -0.4 is 0 Å². The second-order valence-corrected chi connectivity index (χ2v) is 6.56. The lowest BCUT2D eigenvalue weighted by molar-refractivity contribution is 0.300. The van der Waals surface area contributed by atoms with Crippen molar-refractivity contribution in [1.82, 2.24) is 14.3 Å². The van der Waals surface area contributed by atoms with Crippen LogP contribution in [0.1, 0.15) is 26.1 Å². The first-order valence-electron chi connectivity index (χ1n) is 6.24. The Balaban J connectivity index is 2.21. The molecule has 0 bridgehead atoms. The maximum Gasteiger partial charge on any atom is 0.260 e. The number of hydrogen-bond acceptors (Lipinski definition) is 5. The number of imidazole rings is 1. The molecule has 2 heterocycles. The lowest BCUT2D eigenvalue weighted by atomic mass is 10.00. The van der Waals surface area contributed by atoms with Gasteiger partial charge in [0, 0.05) is 31.8 Å². The summed E-state index contributed by atoms with van der Waals surface area (Å²) in [6.45, 7) is 4.40. The van der Waals surface area contributed by atoms with E-state index in [2.05, 4.69) is 15.1 Å². The third kappa shape index (κ3) is 2.64. The normalized spacial score (nSPS) is 23.9. The molecule has 1 unspecified atom stereocenters. The fraction of sp³-hybridized carbons (Fsp3) is 0.636. The van der Waals surface area contributed by atoms with E-state index in [4.69, 9.17) is 5.21 Å². The van der Waals surface area contributed by atoms with Gasteiger partial charge in [0.05, 0.1) is 11.9 Å². The van der Waals surface area contributed by atoms with Gasteiger partial charge in [-0.05, 0) is 0 Å². The Kier molecular flexibility index (Phi) is 3.91. The zero-order chi connectivity index (χ0) is 14.0. The maximum atomic E-state index is 12.4. The predicted octanol–water partition coefficient (Wildman–Crippen LogP) is 0.833. The molecule has 1 fully saturated rings. The lowest BCUT2D eigenvalue weighted by Crippen LogP contribution is -2.43. The van der Waals surface area contributed by atoms with Crippen molar-refractivity contribution in [3.05, 3.63) is 12.0 Å². The summed E-state index contributed by atoms with van der Waals surface area (Å²) in [6, 6.07) is 0. The van der Waals surface area contributed by atoms with E-state index in [1.165, 1.54) is 10.5 Å². The maximum absolute atomic E-state index is 12.4. The van der Waals surface area contributed by atoms with Gasteiger partial charge in [-0.3, -0.25) is 0 Å². The van der Waals surface area contributed by atoms with Crippen LogP contribution in [-0.2, 0) is 16.4 Å². The van der Waals surface area contributed by atoms with Gasteiger partial charge >= 0.3 is 0 Å². The largest absolute Gasteiger partial charge is 0.411 e. The summed E-state index contributed by atoms with van der Waals surface area (Å²) in [5, 5.41) is 12.1. The highest BCUT2D eigenvalue weighted by Gasteiger charge is 2.32. The third-order valence-electron chi connectivity index (χ3n) is 3.35. The molecule has 106 valence electrons. The van der Waals surface area contributed by atoms with Crippen LogP contribution in [0, 0.1) is 5.92 Å². The summed E-state index contributed by atoms with van der Waals surface area (Å²) in [7, 11) is -3.54. The Morgan fingerprint density at radius 2 is 2.37 bits per heavy atom. The van der Waals surface area contributed by atoms with Gasteiger partial charge in [0.25, 0.3) is 10.0 Å². The van der Waals surface area contributed by atoms with Crippen molar-refractivity contribution < 1.29 is 13.6 Å². The summed E-state index contributed by atoms with van der Waals surface area (Å²) in [6.07, 6.45) is 2.47. The molecule has 0 aromatic carbocycles. The average Bonchev–Trinajstić information content (AvgIpc) is 2.88. The number of nitrogens with one attached hydrogen (secondary N) is 1. The van der Waals surface area contributed by atoms with Crippen molar-refractivity contribution in [3.63, 3.8) is 0 Å². The first-order chi connectivity index (χ1) is 8.98. The van der Waals surface area contributed by atoms with Crippen molar-refractivity contribution in [1.29, 1.82) is 0 Å². The summed E-state index contributed by atoms with van der Waals surface area (Å²) in [5.41, 5.74) is 0.644. The summed E-state index contributed by atoms with van der Waals surface area (Å²) in [5.74, 6) is 0.573. The van der Waals surface area contributed by atoms with E-state index < -0.39 is 10.0 Å². The van der Waals surface area contributed by atoms with Crippen molar-refractivity contribution in [3.8, 4) is 0 Å². The Morgan fingerprint density at radius 1 is 1.63 bits per heavy atom. The zero-order valence-corrected chi connectivity index (χ0v) is 11.8.